The molecule has 0 radical (unpaired) electrons. The summed E-state index contributed by atoms with van der Waals surface area (Å²) in [6.45, 7) is 2.99. The molecule has 0 fully saturated rings. The molecular formula is C11H15Cl2F2NO. The average Bonchev–Trinajstić information content (AvgIpc) is 2.15. The average molecular weight is 286 g/mol. The number of rotatable bonds is 3. The molecule has 0 bridgehead atoms. The molecule has 2 nitrogen and oxygen atoms in total. The molecule has 0 aliphatic heterocycles. The van der Waals surface area contributed by atoms with Gasteiger partial charge < -0.3 is 10.8 Å². The SMILES string of the molecule is CC(C)(CO)[C@@H](N)c1c(F)cc(Cl)cc1F.Cl. The third kappa shape index (κ3) is 3.52. The number of aliphatic hydroxyl groups excluding tert-OH is 1. The lowest BCUT2D eigenvalue weighted by Crippen LogP contribution is -2.33. The summed E-state index contributed by atoms with van der Waals surface area (Å²) in [5.74, 6) is -1.59. The van der Waals surface area contributed by atoms with Crippen LogP contribution in [0.3, 0.4) is 0 Å². The van der Waals surface area contributed by atoms with E-state index >= 15 is 0 Å². The number of benzene rings is 1. The number of hydrogen-bond acceptors (Lipinski definition) is 2. The van der Waals surface area contributed by atoms with E-state index in [4.69, 9.17) is 22.4 Å². The minimum atomic E-state index is -0.935. The zero-order valence-electron chi connectivity index (χ0n) is 9.51. The number of nitrogens with two attached hydrogens (primary N) is 1. The second-order valence-corrected chi connectivity index (χ2v) is 4.84. The Bertz CT molecular complexity index is 376. The van der Waals surface area contributed by atoms with Crippen molar-refractivity contribution in [1.29, 1.82) is 0 Å². The van der Waals surface area contributed by atoms with Crippen LogP contribution >= 0.6 is 24.0 Å². The fourth-order valence-electron chi connectivity index (χ4n) is 1.34. The summed E-state index contributed by atoms with van der Waals surface area (Å²) in [7, 11) is 0. The van der Waals surface area contributed by atoms with E-state index in [1.54, 1.807) is 13.8 Å². The van der Waals surface area contributed by atoms with Crippen LogP contribution in [0.4, 0.5) is 8.78 Å². The van der Waals surface area contributed by atoms with Crippen molar-refractivity contribution in [1.82, 2.24) is 0 Å². The molecule has 0 saturated carbocycles. The fourth-order valence-corrected chi connectivity index (χ4v) is 1.53. The first-order valence-corrected chi connectivity index (χ1v) is 5.18. The van der Waals surface area contributed by atoms with Crippen LogP contribution in [0.2, 0.25) is 5.02 Å². The lowest BCUT2D eigenvalue weighted by molar-refractivity contribution is 0.129. The van der Waals surface area contributed by atoms with Crippen LogP contribution in [0.1, 0.15) is 25.5 Å². The molecule has 0 aliphatic carbocycles. The molecule has 0 saturated heterocycles. The maximum atomic E-state index is 13.5. The summed E-state index contributed by atoms with van der Waals surface area (Å²) in [5, 5.41) is 9.09. The van der Waals surface area contributed by atoms with Gasteiger partial charge in [0.15, 0.2) is 0 Å². The number of hydrogen-bond donors (Lipinski definition) is 2. The molecule has 1 aromatic rings. The van der Waals surface area contributed by atoms with Crippen molar-refractivity contribution in [3.63, 3.8) is 0 Å². The minimum Gasteiger partial charge on any atom is -0.396 e. The normalized spacial score (nSPS) is 13.1. The second-order valence-electron chi connectivity index (χ2n) is 4.41. The van der Waals surface area contributed by atoms with Gasteiger partial charge in [-0.3, -0.25) is 0 Å². The van der Waals surface area contributed by atoms with E-state index in [9.17, 15) is 8.78 Å². The van der Waals surface area contributed by atoms with Gasteiger partial charge in [0.1, 0.15) is 11.6 Å². The Morgan fingerprint density at radius 2 is 1.76 bits per heavy atom. The van der Waals surface area contributed by atoms with Crippen LogP contribution in [-0.4, -0.2) is 11.7 Å². The van der Waals surface area contributed by atoms with Gasteiger partial charge in [-0.1, -0.05) is 25.4 Å². The first-order valence-electron chi connectivity index (χ1n) is 4.80. The largest absolute Gasteiger partial charge is 0.396 e. The van der Waals surface area contributed by atoms with Gasteiger partial charge in [0.25, 0.3) is 0 Å². The van der Waals surface area contributed by atoms with Crippen molar-refractivity contribution in [2.24, 2.45) is 11.1 Å². The lowest BCUT2D eigenvalue weighted by Gasteiger charge is -2.30. The van der Waals surface area contributed by atoms with E-state index in [-0.39, 0.29) is 29.6 Å². The Hall–Kier alpha value is -0.420. The van der Waals surface area contributed by atoms with Crippen molar-refractivity contribution >= 4 is 24.0 Å². The van der Waals surface area contributed by atoms with Crippen molar-refractivity contribution in [2.45, 2.75) is 19.9 Å². The quantitative estimate of drug-likeness (QED) is 0.897. The van der Waals surface area contributed by atoms with Gasteiger partial charge in [0.05, 0.1) is 0 Å². The van der Waals surface area contributed by atoms with Crippen LogP contribution in [-0.2, 0) is 0 Å². The second kappa shape index (κ2) is 5.96. The Kier molecular flexibility index (Phi) is 5.81. The van der Waals surface area contributed by atoms with Gasteiger partial charge >= 0.3 is 0 Å². The van der Waals surface area contributed by atoms with Gasteiger partial charge in [-0.25, -0.2) is 8.78 Å². The van der Waals surface area contributed by atoms with Gasteiger partial charge in [0.2, 0.25) is 0 Å². The highest BCUT2D eigenvalue weighted by molar-refractivity contribution is 6.30. The topological polar surface area (TPSA) is 46.2 Å². The molecule has 3 N–H and O–H groups in total. The first kappa shape index (κ1) is 16.6. The summed E-state index contributed by atoms with van der Waals surface area (Å²) in [6.07, 6.45) is 0. The summed E-state index contributed by atoms with van der Waals surface area (Å²) in [4.78, 5) is 0. The smallest absolute Gasteiger partial charge is 0.132 e. The molecule has 1 aromatic carbocycles. The molecule has 0 aliphatic rings. The zero-order chi connectivity index (χ0) is 12.5. The molecule has 17 heavy (non-hydrogen) atoms. The Morgan fingerprint density at radius 3 is 2.12 bits per heavy atom. The zero-order valence-corrected chi connectivity index (χ0v) is 11.1. The Balaban J connectivity index is 0.00000256. The molecular weight excluding hydrogens is 271 g/mol. The van der Waals surface area contributed by atoms with Crippen LogP contribution in [0.25, 0.3) is 0 Å². The predicted octanol–water partition coefficient (Wildman–Crippen LogP) is 3.06. The van der Waals surface area contributed by atoms with Crippen molar-refractivity contribution in [3.05, 3.63) is 34.4 Å². The molecule has 0 heterocycles. The van der Waals surface area contributed by atoms with E-state index in [2.05, 4.69) is 0 Å². The van der Waals surface area contributed by atoms with Crippen molar-refractivity contribution < 1.29 is 13.9 Å². The molecule has 0 spiro atoms. The summed E-state index contributed by atoms with van der Waals surface area (Å²) >= 11 is 5.50. The molecule has 0 aromatic heterocycles. The molecule has 98 valence electrons. The molecule has 0 unspecified atom stereocenters. The summed E-state index contributed by atoms with van der Waals surface area (Å²) < 4.78 is 27.1. The standard InChI is InChI=1S/C11H14ClF2NO.ClH/c1-11(2,5-16)10(15)9-7(13)3-6(12)4-8(9)14;/h3-4,10,16H,5,15H2,1-2H3;1H/t10-;/m0./s1. The predicted molar refractivity (Wildman–Crippen MR) is 66.4 cm³/mol. The maximum Gasteiger partial charge on any atom is 0.132 e. The highest BCUT2D eigenvalue weighted by Gasteiger charge is 2.31. The Morgan fingerprint density at radius 1 is 1.35 bits per heavy atom. The van der Waals surface area contributed by atoms with Crippen LogP contribution in [0, 0.1) is 17.0 Å². The van der Waals surface area contributed by atoms with Crippen LogP contribution < -0.4 is 5.73 Å². The van der Waals surface area contributed by atoms with Crippen LogP contribution in [0.5, 0.6) is 0 Å². The maximum absolute atomic E-state index is 13.5. The van der Waals surface area contributed by atoms with E-state index in [0.29, 0.717) is 0 Å². The molecule has 6 heteroatoms. The third-order valence-corrected chi connectivity index (χ3v) is 2.82. The van der Waals surface area contributed by atoms with Gasteiger partial charge in [0, 0.05) is 28.6 Å². The van der Waals surface area contributed by atoms with Crippen molar-refractivity contribution in [3.8, 4) is 0 Å². The monoisotopic (exact) mass is 285 g/mol. The molecule has 1 atom stereocenters. The molecule has 0 amide bonds. The van der Waals surface area contributed by atoms with Crippen LogP contribution in [0.15, 0.2) is 12.1 Å². The summed E-state index contributed by atoms with van der Waals surface area (Å²) in [5.41, 5.74) is 4.70. The van der Waals surface area contributed by atoms with Gasteiger partial charge in [-0.15, -0.1) is 12.4 Å². The van der Waals surface area contributed by atoms with Crippen molar-refractivity contribution in [2.75, 3.05) is 6.61 Å². The van der Waals surface area contributed by atoms with Gasteiger partial charge in [-0.2, -0.15) is 0 Å². The number of halogens is 4. The van der Waals surface area contributed by atoms with Gasteiger partial charge in [-0.05, 0) is 12.1 Å². The highest BCUT2D eigenvalue weighted by atomic mass is 35.5. The minimum absolute atomic E-state index is 0. The molecule has 1 rings (SSSR count). The first-order chi connectivity index (χ1) is 7.29. The lowest BCUT2D eigenvalue weighted by atomic mass is 9.81. The summed E-state index contributed by atoms with van der Waals surface area (Å²) in [6, 6.07) is 1.08. The van der Waals surface area contributed by atoms with E-state index in [1.807, 2.05) is 0 Å². The Labute approximate surface area is 110 Å². The third-order valence-electron chi connectivity index (χ3n) is 2.60. The fraction of sp³-hybridized carbons (Fsp3) is 0.455. The van der Waals surface area contributed by atoms with E-state index in [0.717, 1.165) is 12.1 Å². The van der Waals surface area contributed by atoms with E-state index < -0.39 is 23.1 Å². The highest BCUT2D eigenvalue weighted by Crippen LogP contribution is 2.34. The van der Waals surface area contributed by atoms with E-state index in [1.165, 1.54) is 0 Å². The number of aliphatic hydroxyl groups is 1.